The van der Waals surface area contributed by atoms with Crippen LogP contribution in [-0.2, 0) is 16.1 Å². The van der Waals surface area contributed by atoms with Crippen molar-refractivity contribution in [2.75, 3.05) is 6.54 Å². The van der Waals surface area contributed by atoms with Gasteiger partial charge in [0, 0.05) is 31.5 Å². The van der Waals surface area contributed by atoms with Crippen LogP contribution in [0.15, 0.2) is 18.7 Å². The van der Waals surface area contributed by atoms with Crippen molar-refractivity contribution >= 4 is 5.97 Å². The number of nitrogens with zero attached hydrogens (tertiary/aromatic N) is 2. The van der Waals surface area contributed by atoms with E-state index < -0.39 is 5.60 Å². The minimum Gasteiger partial charge on any atom is -0.460 e. The van der Waals surface area contributed by atoms with Gasteiger partial charge in [0.05, 0.1) is 12.2 Å². The topological polar surface area (TPSA) is 56.2 Å². The van der Waals surface area contributed by atoms with E-state index in [1.165, 1.54) is 0 Å². The fourth-order valence-electron chi connectivity index (χ4n) is 3.56. The maximum absolute atomic E-state index is 12.3. The minimum atomic E-state index is -0.410. The summed E-state index contributed by atoms with van der Waals surface area (Å²) in [5.74, 6) is 0.441. The van der Waals surface area contributed by atoms with Crippen molar-refractivity contribution in [1.29, 1.82) is 0 Å². The van der Waals surface area contributed by atoms with Crippen molar-refractivity contribution in [2.45, 2.75) is 66.2 Å². The third kappa shape index (κ3) is 4.34. The highest BCUT2D eigenvalue weighted by Crippen LogP contribution is 2.53. The predicted octanol–water partition coefficient (Wildman–Crippen LogP) is 2.87. The Morgan fingerprint density at radius 1 is 1.48 bits per heavy atom. The molecule has 0 aromatic carbocycles. The SMILES string of the molecule is CC(NCCn1ccnc1)[C@@H]1C[C@H](C(=O)OC(C)(C)C)C1(C)C. The van der Waals surface area contributed by atoms with Gasteiger partial charge in [0.25, 0.3) is 0 Å². The van der Waals surface area contributed by atoms with E-state index in [1.54, 1.807) is 6.20 Å². The van der Waals surface area contributed by atoms with Gasteiger partial charge in [0.2, 0.25) is 0 Å². The Bertz CT molecular complexity index is 517. The number of nitrogens with one attached hydrogen (secondary N) is 1. The smallest absolute Gasteiger partial charge is 0.310 e. The van der Waals surface area contributed by atoms with Gasteiger partial charge in [-0.25, -0.2) is 4.98 Å². The van der Waals surface area contributed by atoms with Gasteiger partial charge in [-0.1, -0.05) is 13.8 Å². The maximum atomic E-state index is 12.3. The van der Waals surface area contributed by atoms with Crippen LogP contribution in [0.4, 0.5) is 0 Å². The number of hydrogen-bond donors (Lipinski definition) is 1. The summed E-state index contributed by atoms with van der Waals surface area (Å²) < 4.78 is 7.63. The number of rotatable bonds is 6. The van der Waals surface area contributed by atoms with Crippen molar-refractivity contribution in [3.05, 3.63) is 18.7 Å². The first-order valence-electron chi connectivity index (χ1n) is 8.53. The second kappa shape index (κ2) is 6.63. The fourth-order valence-corrected chi connectivity index (χ4v) is 3.56. The molecule has 23 heavy (non-hydrogen) atoms. The lowest BCUT2D eigenvalue weighted by Gasteiger charge is -2.53. The number of ether oxygens (including phenoxy) is 1. The molecule has 3 atom stereocenters. The van der Waals surface area contributed by atoms with E-state index in [0.29, 0.717) is 12.0 Å². The van der Waals surface area contributed by atoms with Crippen molar-refractivity contribution < 1.29 is 9.53 Å². The molecule has 1 heterocycles. The zero-order valence-electron chi connectivity index (χ0n) is 15.3. The molecule has 0 bridgehead atoms. The van der Waals surface area contributed by atoms with Crippen molar-refractivity contribution in [3.8, 4) is 0 Å². The van der Waals surface area contributed by atoms with Crippen LogP contribution >= 0.6 is 0 Å². The lowest BCUT2D eigenvalue weighted by molar-refractivity contribution is -0.178. The molecule has 1 aromatic rings. The predicted molar refractivity (Wildman–Crippen MR) is 90.9 cm³/mol. The van der Waals surface area contributed by atoms with Gasteiger partial charge in [-0.05, 0) is 45.4 Å². The summed E-state index contributed by atoms with van der Waals surface area (Å²) in [4.78, 5) is 16.4. The summed E-state index contributed by atoms with van der Waals surface area (Å²) in [5.41, 5.74) is -0.434. The van der Waals surface area contributed by atoms with Crippen LogP contribution in [0.25, 0.3) is 0 Å². The van der Waals surface area contributed by atoms with E-state index in [-0.39, 0.29) is 17.3 Å². The molecule has 5 heteroatoms. The van der Waals surface area contributed by atoms with E-state index in [4.69, 9.17) is 4.74 Å². The van der Waals surface area contributed by atoms with Gasteiger partial charge in [0.1, 0.15) is 5.60 Å². The first kappa shape index (κ1) is 18.0. The largest absolute Gasteiger partial charge is 0.460 e. The van der Waals surface area contributed by atoms with Crippen LogP contribution in [0.3, 0.4) is 0 Å². The van der Waals surface area contributed by atoms with Crippen molar-refractivity contribution in [3.63, 3.8) is 0 Å². The average molecular weight is 321 g/mol. The lowest BCUT2D eigenvalue weighted by atomic mass is 9.52. The van der Waals surface area contributed by atoms with Crippen LogP contribution in [0.2, 0.25) is 0 Å². The standard InChI is InChI=1S/C18H31N3O2/c1-13(20-8-10-21-9-7-19-12-21)14-11-15(18(14,5)6)16(22)23-17(2,3)4/h7,9,12-15,20H,8,10-11H2,1-6H3/t13?,14-,15+/m0/s1. The minimum absolute atomic E-state index is 0.00428. The van der Waals surface area contributed by atoms with Crippen molar-refractivity contribution in [1.82, 2.24) is 14.9 Å². The van der Waals surface area contributed by atoms with Gasteiger partial charge >= 0.3 is 5.97 Å². The second-order valence-corrected chi connectivity index (χ2v) is 8.29. The van der Waals surface area contributed by atoms with Crippen LogP contribution in [0, 0.1) is 17.3 Å². The molecular weight excluding hydrogens is 290 g/mol. The number of carbonyl (C=O) groups is 1. The van der Waals surface area contributed by atoms with E-state index in [2.05, 4.69) is 35.6 Å². The molecular formula is C18H31N3O2. The Balaban J connectivity index is 1.81. The molecule has 130 valence electrons. The van der Waals surface area contributed by atoms with Crippen molar-refractivity contribution in [2.24, 2.45) is 17.3 Å². The summed E-state index contributed by atoms with van der Waals surface area (Å²) in [6.45, 7) is 14.2. The normalized spacial score (nSPS) is 24.8. The number of aromatic nitrogens is 2. The molecule has 0 amide bonds. The Kier molecular flexibility index (Phi) is 5.19. The van der Waals surface area contributed by atoms with Gasteiger partial charge in [-0.15, -0.1) is 0 Å². The molecule has 1 aliphatic carbocycles. The Morgan fingerprint density at radius 3 is 2.70 bits per heavy atom. The number of hydrogen-bond acceptors (Lipinski definition) is 4. The summed E-state index contributed by atoms with van der Waals surface area (Å²) in [5, 5.41) is 3.59. The zero-order valence-corrected chi connectivity index (χ0v) is 15.3. The Morgan fingerprint density at radius 2 is 2.17 bits per heavy atom. The first-order chi connectivity index (χ1) is 10.6. The molecule has 2 rings (SSSR count). The van der Waals surface area contributed by atoms with E-state index >= 15 is 0 Å². The molecule has 0 aliphatic heterocycles. The maximum Gasteiger partial charge on any atom is 0.310 e. The molecule has 0 saturated heterocycles. The molecule has 1 aromatic heterocycles. The Labute approximate surface area is 139 Å². The van der Waals surface area contributed by atoms with Gasteiger partial charge < -0.3 is 14.6 Å². The van der Waals surface area contributed by atoms with Crippen LogP contribution in [0.5, 0.6) is 0 Å². The fraction of sp³-hybridized carbons (Fsp3) is 0.778. The molecule has 1 N–H and O–H groups in total. The summed E-state index contributed by atoms with van der Waals surface area (Å²) >= 11 is 0. The third-order valence-corrected chi connectivity index (χ3v) is 5.03. The summed E-state index contributed by atoms with van der Waals surface area (Å²) in [6.07, 6.45) is 6.50. The van der Waals surface area contributed by atoms with E-state index in [1.807, 2.05) is 33.3 Å². The highest BCUT2D eigenvalue weighted by Gasteiger charge is 2.54. The molecule has 0 spiro atoms. The van der Waals surface area contributed by atoms with Gasteiger partial charge in [-0.2, -0.15) is 0 Å². The summed E-state index contributed by atoms with van der Waals surface area (Å²) in [7, 11) is 0. The molecule has 1 unspecified atom stereocenters. The molecule has 1 aliphatic rings. The monoisotopic (exact) mass is 321 g/mol. The lowest BCUT2D eigenvalue weighted by Crippen LogP contribution is -2.57. The van der Waals surface area contributed by atoms with Crippen LogP contribution in [0.1, 0.15) is 48.0 Å². The zero-order chi connectivity index (χ0) is 17.3. The van der Waals surface area contributed by atoms with Gasteiger partial charge in [0.15, 0.2) is 0 Å². The highest BCUT2D eigenvalue weighted by atomic mass is 16.6. The van der Waals surface area contributed by atoms with Gasteiger partial charge in [-0.3, -0.25) is 4.79 Å². The highest BCUT2D eigenvalue weighted by molar-refractivity contribution is 5.75. The van der Waals surface area contributed by atoms with E-state index in [0.717, 1.165) is 19.5 Å². The number of carbonyl (C=O) groups excluding carboxylic acids is 1. The quantitative estimate of drug-likeness (QED) is 0.819. The average Bonchev–Trinajstić information content (AvgIpc) is 2.88. The Hall–Kier alpha value is -1.36. The summed E-state index contributed by atoms with van der Waals surface area (Å²) in [6, 6.07) is 0.382. The van der Waals surface area contributed by atoms with Crippen LogP contribution < -0.4 is 5.32 Å². The third-order valence-electron chi connectivity index (χ3n) is 5.03. The molecule has 5 nitrogen and oxygen atoms in total. The molecule has 1 saturated carbocycles. The van der Waals surface area contributed by atoms with E-state index in [9.17, 15) is 4.79 Å². The number of esters is 1. The second-order valence-electron chi connectivity index (χ2n) is 8.29. The number of imidazole rings is 1. The first-order valence-corrected chi connectivity index (χ1v) is 8.53. The molecule has 1 fully saturated rings. The van der Waals surface area contributed by atoms with Crippen LogP contribution in [-0.4, -0.2) is 33.7 Å². The molecule has 0 radical (unpaired) electrons.